The SMILES string of the molecule is COc1cc(N2CCN(CCc3cccc4c3n(C)c(=O)n4C3CCC(=O)NC3=O)CC2)ccc1-c1cc(NC(=O)CCn2ccnn2)ccc1-c1ncc(C(=O)N(C)C)[nH]1. The Morgan fingerprint density at radius 1 is 0.967 bits per heavy atom. The largest absolute Gasteiger partial charge is 0.496 e. The van der Waals surface area contributed by atoms with Crippen molar-refractivity contribution in [2.45, 2.75) is 38.3 Å². The van der Waals surface area contributed by atoms with Crippen LogP contribution in [-0.4, -0.2) is 121 Å². The van der Waals surface area contributed by atoms with E-state index in [-0.39, 0.29) is 36.3 Å². The van der Waals surface area contributed by atoms with Crippen LogP contribution in [0.25, 0.3) is 33.5 Å². The highest BCUT2D eigenvalue weighted by Gasteiger charge is 2.32. The van der Waals surface area contributed by atoms with Crippen molar-refractivity contribution < 1.29 is 23.9 Å². The second kappa shape index (κ2) is 17.3. The molecule has 1 atom stereocenters. The first-order valence-corrected chi connectivity index (χ1v) is 20.2. The zero-order valence-corrected chi connectivity index (χ0v) is 34.6. The Labute approximate surface area is 351 Å². The fourth-order valence-electron chi connectivity index (χ4n) is 8.21. The maximum absolute atomic E-state index is 13.4. The van der Waals surface area contributed by atoms with Gasteiger partial charge in [-0.2, -0.15) is 0 Å². The molecule has 0 radical (unpaired) electrons. The molecule has 3 N–H and O–H groups in total. The number of H-pyrrole nitrogens is 1. The summed E-state index contributed by atoms with van der Waals surface area (Å²) in [5.41, 5.74) is 6.45. The van der Waals surface area contributed by atoms with E-state index in [1.807, 2.05) is 48.5 Å². The van der Waals surface area contributed by atoms with Gasteiger partial charge >= 0.3 is 5.69 Å². The number of fused-ring (bicyclic) bond motifs is 1. The lowest BCUT2D eigenvalue weighted by Crippen LogP contribution is -2.47. The standard InChI is InChI=1S/C43H48N12O6/c1-50(2)42(59)33-26-44-40(47-33)31-10-8-28(46-38(57)15-18-54-19-16-45-49-54)24-32(31)30-11-9-29(25-36(30)61-4)53-22-20-52(21-23-53)17-14-27-6-5-7-34-39(27)51(3)43(60)55(34)35-12-13-37(56)48-41(35)58/h5-11,16,19,24-26,35H,12-15,17-18,20-23H2,1-4H3,(H,44,47)(H,46,57)(H,48,56,58). The third-order valence-corrected chi connectivity index (χ3v) is 11.4. The third-order valence-electron chi connectivity index (χ3n) is 11.4. The number of piperidine rings is 1. The molecular weight excluding hydrogens is 781 g/mol. The van der Waals surface area contributed by atoms with Gasteiger partial charge in [0.05, 0.1) is 37.1 Å². The lowest BCUT2D eigenvalue weighted by atomic mass is 9.96. The molecule has 3 aromatic heterocycles. The number of anilines is 2. The van der Waals surface area contributed by atoms with Crippen molar-refractivity contribution in [1.29, 1.82) is 0 Å². The van der Waals surface area contributed by atoms with Gasteiger partial charge in [0, 0.05) is 101 Å². The predicted octanol–water partition coefficient (Wildman–Crippen LogP) is 3.07. The quantitative estimate of drug-likeness (QED) is 0.145. The molecular formula is C43H48N12O6. The Balaban J connectivity index is 0.982. The third kappa shape index (κ3) is 8.39. The minimum Gasteiger partial charge on any atom is -0.496 e. The van der Waals surface area contributed by atoms with Gasteiger partial charge in [-0.15, -0.1) is 5.10 Å². The smallest absolute Gasteiger partial charge is 0.329 e. The highest BCUT2D eigenvalue weighted by Crippen LogP contribution is 2.40. The van der Waals surface area contributed by atoms with Crippen molar-refractivity contribution >= 4 is 46.0 Å². The lowest BCUT2D eigenvalue weighted by Gasteiger charge is -2.36. The van der Waals surface area contributed by atoms with Crippen LogP contribution in [0.2, 0.25) is 0 Å². The molecule has 0 aliphatic carbocycles. The van der Waals surface area contributed by atoms with Gasteiger partial charge < -0.3 is 24.8 Å². The van der Waals surface area contributed by atoms with Crippen LogP contribution >= 0.6 is 0 Å². The second-order valence-corrected chi connectivity index (χ2v) is 15.5. The second-order valence-electron chi connectivity index (χ2n) is 15.5. The Morgan fingerprint density at radius 3 is 2.51 bits per heavy atom. The van der Waals surface area contributed by atoms with Gasteiger partial charge in [0.25, 0.3) is 5.91 Å². The molecule has 2 aliphatic heterocycles. The van der Waals surface area contributed by atoms with Gasteiger partial charge in [-0.3, -0.25) is 43.2 Å². The van der Waals surface area contributed by atoms with Gasteiger partial charge in [0.15, 0.2) is 0 Å². The van der Waals surface area contributed by atoms with Gasteiger partial charge in [0.2, 0.25) is 17.7 Å². The number of methoxy groups -OCH3 is 1. The lowest BCUT2D eigenvalue weighted by molar-refractivity contribution is -0.135. The molecule has 2 aliphatic rings. The topological polar surface area (TPSA) is 198 Å². The summed E-state index contributed by atoms with van der Waals surface area (Å²) >= 11 is 0. The molecule has 5 heterocycles. The van der Waals surface area contributed by atoms with Gasteiger partial charge in [-0.25, -0.2) is 9.78 Å². The normalized spacial score (nSPS) is 15.9. The number of benzene rings is 3. The number of hydrogen-bond donors (Lipinski definition) is 3. The van der Waals surface area contributed by atoms with E-state index in [0.717, 1.165) is 72.6 Å². The molecule has 18 nitrogen and oxygen atoms in total. The molecule has 6 aromatic rings. The maximum Gasteiger partial charge on any atom is 0.329 e. The van der Waals surface area contributed by atoms with Crippen LogP contribution in [0.5, 0.6) is 5.75 Å². The Morgan fingerprint density at radius 2 is 1.77 bits per heavy atom. The minimum absolute atomic E-state index is 0.181. The Kier molecular flexibility index (Phi) is 11.5. The van der Waals surface area contributed by atoms with Crippen LogP contribution in [0.4, 0.5) is 11.4 Å². The van der Waals surface area contributed by atoms with Crippen molar-refractivity contribution in [2.75, 3.05) is 64.1 Å². The average molecular weight is 829 g/mol. The number of aromatic nitrogens is 7. The zero-order chi connectivity index (χ0) is 42.8. The summed E-state index contributed by atoms with van der Waals surface area (Å²) in [5, 5.41) is 13.1. The van der Waals surface area contributed by atoms with E-state index in [4.69, 9.17) is 4.74 Å². The van der Waals surface area contributed by atoms with E-state index in [1.165, 1.54) is 15.7 Å². The number of ether oxygens (including phenoxy) is 1. The van der Waals surface area contributed by atoms with Gasteiger partial charge in [-0.1, -0.05) is 17.3 Å². The number of amides is 4. The molecule has 4 amide bonds. The van der Waals surface area contributed by atoms with Gasteiger partial charge in [0.1, 0.15) is 23.3 Å². The van der Waals surface area contributed by atoms with Crippen molar-refractivity contribution in [3.8, 4) is 28.3 Å². The van der Waals surface area contributed by atoms with E-state index in [0.29, 0.717) is 41.4 Å². The number of nitrogens with one attached hydrogen (secondary N) is 3. The number of para-hydroxylation sites is 1. The van der Waals surface area contributed by atoms with Crippen LogP contribution in [0.15, 0.2) is 78.0 Å². The Bertz CT molecular complexity index is 2670. The van der Waals surface area contributed by atoms with Crippen molar-refractivity contribution in [2.24, 2.45) is 7.05 Å². The predicted molar refractivity (Wildman–Crippen MR) is 228 cm³/mol. The summed E-state index contributed by atoms with van der Waals surface area (Å²) in [5.74, 6) is -0.0163. The number of piperazine rings is 1. The molecule has 0 saturated carbocycles. The van der Waals surface area contributed by atoms with Gasteiger partial charge in [-0.05, 0) is 60.4 Å². The number of aryl methyl sites for hydroxylation is 2. The molecule has 2 fully saturated rings. The summed E-state index contributed by atoms with van der Waals surface area (Å²) in [6.07, 6.45) is 6.20. The number of carbonyl (C=O) groups excluding carboxylic acids is 4. The number of hydrogen-bond acceptors (Lipinski definition) is 11. The van der Waals surface area contributed by atoms with E-state index >= 15 is 0 Å². The number of rotatable bonds is 13. The van der Waals surface area contributed by atoms with Crippen LogP contribution in [0.3, 0.4) is 0 Å². The zero-order valence-electron chi connectivity index (χ0n) is 34.6. The summed E-state index contributed by atoms with van der Waals surface area (Å²) in [6.45, 7) is 4.40. The van der Waals surface area contributed by atoms with E-state index in [2.05, 4.69) is 46.8 Å². The monoisotopic (exact) mass is 828 g/mol. The molecule has 316 valence electrons. The number of imide groups is 1. The summed E-state index contributed by atoms with van der Waals surface area (Å²) in [7, 11) is 6.73. The fourth-order valence-corrected chi connectivity index (χ4v) is 8.21. The van der Waals surface area contributed by atoms with Crippen LogP contribution in [0.1, 0.15) is 41.4 Å². The minimum atomic E-state index is -0.726. The summed E-state index contributed by atoms with van der Waals surface area (Å²) in [6, 6.07) is 16.8. The summed E-state index contributed by atoms with van der Waals surface area (Å²) < 4.78 is 10.8. The average Bonchev–Trinajstić information content (AvgIpc) is 4.03. The highest BCUT2D eigenvalue weighted by molar-refractivity contribution is 6.00. The molecule has 18 heteroatoms. The number of aromatic amines is 1. The number of carbonyl (C=O) groups is 4. The van der Waals surface area contributed by atoms with E-state index < -0.39 is 11.9 Å². The van der Waals surface area contributed by atoms with Crippen molar-refractivity contribution in [1.82, 2.24) is 49.2 Å². The summed E-state index contributed by atoms with van der Waals surface area (Å²) in [4.78, 5) is 77.6. The number of imidazole rings is 2. The first-order valence-electron chi connectivity index (χ1n) is 20.2. The van der Waals surface area contributed by atoms with Crippen LogP contribution in [0, 0.1) is 0 Å². The van der Waals surface area contributed by atoms with Crippen molar-refractivity contribution in [3.05, 3.63) is 94.9 Å². The molecule has 1 unspecified atom stereocenters. The van der Waals surface area contributed by atoms with Crippen LogP contribution < -0.4 is 26.0 Å². The highest BCUT2D eigenvalue weighted by atomic mass is 16.5. The Hall–Kier alpha value is -7.08. The van der Waals surface area contributed by atoms with E-state index in [1.54, 1.807) is 49.9 Å². The molecule has 2 saturated heterocycles. The maximum atomic E-state index is 13.4. The molecule has 8 rings (SSSR count). The molecule has 61 heavy (non-hydrogen) atoms. The number of nitrogens with zero attached hydrogens (tertiary/aromatic N) is 9. The van der Waals surface area contributed by atoms with Crippen molar-refractivity contribution in [3.63, 3.8) is 0 Å². The van der Waals surface area contributed by atoms with Crippen LogP contribution in [-0.2, 0) is 34.4 Å². The molecule has 3 aromatic carbocycles. The van der Waals surface area contributed by atoms with E-state index in [9.17, 15) is 24.0 Å². The first kappa shape index (κ1) is 40.7. The first-order chi connectivity index (χ1) is 29.5. The molecule has 0 spiro atoms. The molecule has 0 bridgehead atoms. The fraction of sp³-hybridized carbons (Fsp3) is 0.349.